The van der Waals surface area contributed by atoms with Crippen LogP contribution in [0.4, 0.5) is 8.78 Å². The van der Waals surface area contributed by atoms with Crippen molar-refractivity contribution in [2.45, 2.75) is 18.6 Å². The molecule has 2 unspecified atom stereocenters. The molecular formula is C21H24F2N4O2. The van der Waals surface area contributed by atoms with Gasteiger partial charge in [-0.05, 0) is 42.3 Å². The fourth-order valence-corrected chi connectivity index (χ4v) is 3.91. The van der Waals surface area contributed by atoms with E-state index in [1.165, 1.54) is 31.4 Å². The maximum Gasteiger partial charge on any atom is 0.254 e. The van der Waals surface area contributed by atoms with Crippen molar-refractivity contribution in [3.05, 3.63) is 65.2 Å². The van der Waals surface area contributed by atoms with E-state index in [1.54, 1.807) is 23.1 Å². The smallest absolute Gasteiger partial charge is 0.254 e. The predicted molar refractivity (Wildman–Crippen MR) is 104 cm³/mol. The van der Waals surface area contributed by atoms with E-state index in [9.17, 15) is 13.6 Å². The van der Waals surface area contributed by atoms with Crippen molar-refractivity contribution in [2.75, 3.05) is 33.3 Å². The summed E-state index contributed by atoms with van der Waals surface area (Å²) in [6.07, 6.45) is 0.990. The SMILES string of the molecule is COc1ccc(C(=O)N2CCN(C3CC(c4ccc(F)cc4)NN3)CC2)cc1F. The van der Waals surface area contributed by atoms with Crippen LogP contribution in [0.1, 0.15) is 28.4 Å². The van der Waals surface area contributed by atoms with E-state index in [0.29, 0.717) is 18.7 Å². The lowest BCUT2D eigenvalue weighted by molar-refractivity contribution is 0.0544. The molecule has 2 saturated heterocycles. The summed E-state index contributed by atoms with van der Waals surface area (Å²) in [5, 5.41) is 0. The van der Waals surface area contributed by atoms with Crippen LogP contribution in [0, 0.1) is 11.6 Å². The molecule has 154 valence electrons. The molecule has 2 N–H and O–H groups in total. The lowest BCUT2D eigenvalue weighted by Gasteiger charge is -2.37. The molecule has 0 aliphatic carbocycles. The van der Waals surface area contributed by atoms with E-state index < -0.39 is 5.82 Å². The zero-order valence-electron chi connectivity index (χ0n) is 16.2. The van der Waals surface area contributed by atoms with Crippen molar-refractivity contribution >= 4 is 5.91 Å². The van der Waals surface area contributed by atoms with Crippen LogP contribution in [0.2, 0.25) is 0 Å². The van der Waals surface area contributed by atoms with Gasteiger partial charge in [-0.15, -0.1) is 0 Å². The van der Waals surface area contributed by atoms with Crippen LogP contribution in [0.5, 0.6) is 5.75 Å². The maximum atomic E-state index is 13.9. The number of ether oxygens (including phenoxy) is 1. The van der Waals surface area contributed by atoms with E-state index in [4.69, 9.17) is 4.74 Å². The number of benzene rings is 2. The van der Waals surface area contributed by atoms with E-state index in [-0.39, 0.29) is 29.7 Å². The molecular weight excluding hydrogens is 378 g/mol. The minimum absolute atomic E-state index is 0.113. The number of methoxy groups -OCH3 is 1. The van der Waals surface area contributed by atoms with Crippen LogP contribution in [0.15, 0.2) is 42.5 Å². The summed E-state index contributed by atoms with van der Waals surface area (Å²) in [5.74, 6) is -0.825. The first-order valence-corrected chi connectivity index (χ1v) is 9.68. The Morgan fingerprint density at radius 2 is 1.76 bits per heavy atom. The highest BCUT2D eigenvalue weighted by Crippen LogP contribution is 2.25. The highest BCUT2D eigenvalue weighted by molar-refractivity contribution is 5.94. The van der Waals surface area contributed by atoms with Crippen molar-refractivity contribution < 1.29 is 18.3 Å². The first kappa shape index (κ1) is 19.8. The van der Waals surface area contributed by atoms with Gasteiger partial charge >= 0.3 is 0 Å². The van der Waals surface area contributed by atoms with Crippen LogP contribution in [-0.2, 0) is 0 Å². The van der Waals surface area contributed by atoms with Crippen LogP contribution < -0.4 is 15.6 Å². The normalized spacial score (nSPS) is 22.7. The molecule has 6 nitrogen and oxygen atoms in total. The molecule has 29 heavy (non-hydrogen) atoms. The minimum atomic E-state index is -0.537. The van der Waals surface area contributed by atoms with Gasteiger partial charge in [0.15, 0.2) is 11.6 Å². The number of carbonyl (C=O) groups excluding carboxylic acids is 1. The predicted octanol–water partition coefficient (Wildman–Crippen LogP) is 2.30. The van der Waals surface area contributed by atoms with Crippen LogP contribution >= 0.6 is 0 Å². The number of piperazine rings is 1. The second kappa shape index (κ2) is 8.44. The highest BCUT2D eigenvalue weighted by atomic mass is 19.1. The van der Waals surface area contributed by atoms with Crippen LogP contribution in [0.25, 0.3) is 0 Å². The monoisotopic (exact) mass is 402 g/mol. The third-order valence-electron chi connectivity index (χ3n) is 5.60. The molecule has 4 rings (SSSR count). The Morgan fingerprint density at radius 1 is 1.03 bits per heavy atom. The molecule has 2 heterocycles. The summed E-state index contributed by atoms with van der Waals surface area (Å²) >= 11 is 0. The molecule has 2 aromatic rings. The number of carbonyl (C=O) groups is 1. The van der Waals surface area contributed by atoms with Crippen molar-refractivity contribution in [1.29, 1.82) is 0 Å². The quantitative estimate of drug-likeness (QED) is 0.822. The van der Waals surface area contributed by atoms with Gasteiger partial charge in [0.25, 0.3) is 5.91 Å². The molecule has 0 aromatic heterocycles. The van der Waals surface area contributed by atoms with Gasteiger partial charge in [-0.25, -0.2) is 19.6 Å². The van der Waals surface area contributed by atoms with Crippen molar-refractivity contribution in [2.24, 2.45) is 0 Å². The lowest BCUT2D eigenvalue weighted by Crippen LogP contribution is -2.55. The summed E-state index contributed by atoms with van der Waals surface area (Å²) in [6.45, 7) is 2.59. The Balaban J connectivity index is 1.32. The second-order valence-corrected chi connectivity index (χ2v) is 7.32. The van der Waals surface area contributed by atoms with Gasteiger partial charge in [0.1, 0.15) is 5.82 Å². The summed E-state index contributed by atoms with van der Waals surface area (Å²) in [6, 6.07) is 10.9. The van der Waals surface area contributed by atoms with E-state index in [1.807, 2.05) is 0 Å². The maximum absolute atomic E-state index is 13.9. The zero-order valence-corrected chi connectivity index (χ0v) is 16.2. The summed E-state index contributed by atoms with van der Waals surface area (Å²) < 4.78 is 31.9. The van der Waals surface area contributed by atoms with Crippen molar-refractivity contribution in [3.63, 3.8) is 0 Å². The Hall–Kier alpha value is -2.55. The van der Waals surface area contributed by atoms with Crippen LogP contribution in [0.3, 0.4) is 0 Å². The molecule has 2 fully saturated rings. The molecule has 2 aromatic carbocycles. The first-order valence-electron chi connectivity index (χ1n) is 9.68. The zero-order chi connectivity index (χ0) is 20.4. The Labute approximate surface area is 168 Å². The van der Waals surface area contributed by atoms with Gasteiger partial charge in [-0.1, -0.05) is 12.1 Å². The number of rotatable bonds is 4. The number of hydrazine groups is 1. The minimum Gasteiger partial charge on any atom is -0.494 e. The van der Waals surface area contributed by atoms with Gasteiger partial charge < -0.3 is 9.64 Å². The molecule has 2 aliphatic heterocycles. The molecule has 0 radical (unpaired) electrons. The molecule has 0 bridgehead atoms. The summed E-state index contributed by atoms with van der Waals surface area (Å²) in [5.41, 5.74) is 7.94. The summed E-state index contributed by atoms with van der Waals surface area (Å²) in [4.78, 5) is 16.7. The number of nitrogens with zero attached hydrogens (tertiary/aromatic N) is 2. The molecule has 0 spiro atoms. The Morgan fingerprint density at radius 3 is 2.41 bits per heavy atom. The van der Waals surface area contributed by atoms with E-state index >= 15 is 0 Å². The van der Waals surface area contributed by atoms with E-state index in [2.05, 4.69) is 15.8 Å². The van der Waals surface area contributed by atoms with Gasteiger partial charge in [0.2, 0.25) is 0 Å². The number of amides is 1. The van der Waals surface area contributed by atoms with Gasteiger partial charge in [-0.3, -0.25) is 9.69 Å². The third kappa shape index (κ3) is 4.24. The Bertz CT molecular complexity index is 869. The highest BCUT2D eigenvalue weighted by Gasteiger charge is 2.32. The largest absolute Gasteiger partial charge is 0.494 e. The standard InChI is InChI=1S/C21H24F2N4O2/c1-29-19-7-4-15(12-17(19)23)21(28)27-10-8-26(9-11-27)20-13-18(24-25-20)14-2-5-16(22)6-3-14/h2-7,12,18,20,24-25H,8-11,13H2,1H3. The molecule has 0 saturated carbocycles. The molecule has 8 heteroatoms. The fraction of sp³-hybridized carbons (Fsp3) is 0.381. The Kier molecular flexibility index (Phi) is 5.75. The topological polar surface area (TPSA) is 56.8 Å². The van der Waals surface area contributed by atoms with Crippen molar-refractivity contribution in [3.8, 4) is 5.75 Å². The second-order valence-electron chi connectivity index (χ2n) is 7.32. The fourth-order valence-electron chi connectivity index (χ4n) is 3.91. The molecule has 2 atom stereocenters. The van der Waals surface area contributed by atoms with E-state index in [0.717, 1.165) is 25.1 Å². The lowest BCUT2D eigenvalue weighted by atomic mass is 10.0. The summed E-state index contributed by atoms with van der Waals surface area (Å²) in [7, 11) is 1.39. The van der Waals surface area contributed by atoms with Gasteiger partial charge in [0, 0.05) is 37.8 Å². The molecule has 1 amide bonds. The number of hydrogen-bond donors (Lipinski definition) is 2. The molecule has 2 aliphatic rings. The average molecular weight is 402 g/mol. The first-order chi connectivity index (χ1) is 14.0. The number of halogens is 2. The number of nitrogens with one attached hydrogen (secondary N) is 2. The van der Waals surface area contributed by atoms with Crippen LogP contribution in [-0.4, -0.2) is 55.2 Å². The average Bonchev–Trinajstić information content (AvgIpc) is 3.24. The third-order valence-corrected chi connectivity index (χ3v) is 5.60. The number of hydrogen-bond acceptors (Lipinski definition) is 5. The van der Waals surface area contributed by atoms with Gasteiger partial charge in [-0.2, -0.15) is 0 Å². The van der Waals surface area contributed by atoms with Crippen molar-refractivity contribution in [1.82, 2.24) is 20.7 Å². The van der Waals surface area contributed by atoms with Gasteiger partial charge in [0.05, 0.1) is 13.3 Å².